The summed E-state index contributed by atoms with van der Waals surface area (Å²) >= 11 is 1.86. The Morgan fingerprint density at radius 1 is 0.538 bits per heavy atom. The van der Waals surface area contributed by atoms with Gasteiger partial charge in [0.2, 0.25) is 0 Å². The first-order chi connectivity index (χ1) is 19.3. The summed E-state index contributed by atoms with van der Waals surface area (Å²) in [4.78, 5) is 0. The number of hydrogen-bond donors (Lipinski definition) is 0. The molecule has 0 radical (unpaired) electrons. The van der Waals surface area contributed by atoms with Crippen molar-refractivity contribution in [1.82, 2.24) is 4.57 Å². The average molecular weight is 516 g/mol. The normalized spacial score (nSPS) is 12.1. The fourth-order valence-electron chi connectivity index (χ4n) is 6.30. The monoisotopic (exact) mass is 515 g/mol. The van der Waals surface area contributed by atoms with Crippen LogP contribution in [0.4, 0.5) is 0 Å². The molecular formula is C36H21NOS. The van der Waals surface area contributed by atoms with Gasteiger partial charge < -0.3 is 8.98 Å². The number of furan rings is 1. The van der Waals surface area contributed by atoms with Crippen molar-refractivity contribution in [3.8, 4) is 16.8 Å². The van der Waals surface area contributed by atoms with Gasteiger partial charge in [-0.05, 0) is 59.7 Å². The second kappa shape index (κ2) is 7.83. The Morgan fingerprint density at radius 2 is 1.26 bits per heavy atom. The van der Waals surface area contributed by atoms with Gasteiger partial charge in [0.05, 0.1) is 11.0 Å². The third-order valence-electron chi connectivity index (χ3n) is 7.98. The lowest BCUT2D eigenvalue weighted by molar-refractivity contribution is 0.671. The fraction of sp³-hybridized carbons (Fsp3) is 0. The number of thiophene rings is 1. The van der Waals surface area contributed by atoms with Crippen molar-refractivity contribution in [2.24, 2.45) is 0 Å². The SMILES string of the molecule is c1ccc(-n2c3ccccc3c3c(-c4ccc5sc6ccccc6c5c4)cc4c5ccccc5oc4c32)cc1. The van der Waals surface area contributed by atoms with Crippen LogP contribution in [0.5, 0.6) is 0 Å². The molecule has 3 heteroatoms. The predicted octanol–water partition coefficient (Wildman–Crippen LogP) is 10.7. The van der Waals surface area contributed by atoms with Crippen LogP contribution < -0.4 is 0 Å². The minimum Gasteiger partial charge on any atom is -0.454 e. The molecule has 0 saturated carbocycles. The highest BCUT2D eigenvalue weighted by Crippen LogP contribution is 2.46. The quantitative estimate of drug-likeness (QED) is 0.224. The molecule has 0 spiro atoms. The van der Waals surface area contributed by atoms with E-state index in [1.807, 2.05) is 17.4 Å². The summed E-state index contributed by atoms with van der Waals surface area (Å²) in [7, 11) is 0. The molecule has 0 aliphatic rings. The third kappa shape index (κ3) is 2.91. The van der Waals surface area contributed by atoms with Crippen LogP contribution in [0.1, 0.15) is 0 Å². The Kier molecular flexibility index (Phi) is 4.24. The van der Waals surface area contributed by atoms with Crippen LogP contribution in [0.25, 0.3) is 80.7 Å². The molecule has 2 nitrogen and oxygen atoms in total. The summed E-state index contributed by atoms with van der Waals surface area (Å²) in [5.74, 6) is 0. The second-order valence-electron chi connectivity index (χ2n) is 10.1. The second-order valence-corrected chi connectivity index (χ2v) is 11.2. The standard InChI is InChI=1S/C36H21NOS/c1-2-10-23(11-3-1)37-30-15-7-4-14-26(30)34-27(21-29-24-12-5-8-16-31(24)38-36(29)35(34)37)22-18-19-33-28(20-22)25-13-6-9-17-32(25)39-33/h1-21H. The van der Waals surface area contributed by atoms with Gasteiger partial charge in [-0.2, -0.15) is 0 Å². The molecule has 0 atom stereocenters. The van der Waals surface area contributed by atoms with Crippen LogP contribution in [0.15, 0.2) is 132 Å². The highest BCUT2D eigenvalue weighted by molar-refractivity contribution is 7.25. The van der Waals surface area contributed by atoms with Crippen molar-refractivity contribution in [1.29, 1.82) is 0 Å². The molecule has 0 bridgehead atoms. The number of nitrogens with zero attached hydrogens (tertiary/aromatic N) is 1. The summed E-state index contributed by atoms with van der Waals surface area (Å²) < 4.78 is 11.7. The van der Waals surface area contributed by atoms with Crippen LogP contribution in [0.2, 0.25) is 0 Å². The molecule has 39 heavy (non-hydrogen) atoms. The van der Waals surface area contributed by atoms with E-state index in [0.29, 0.717) is 0 Å². The summed E-state index contributed by atoms with van der Waals surface area (Å²) in [5.41, 5.74) is 7.71. The molecule has 0 aliphatic heterocycles. The lowest BCUT2D eigenvalue weighted by Crippen LogP contribution is -1.93. The Morgan fingerprint density at radius 3 is 2.15 bits per heavy atom. The van der Waals surface area contributed by atoms with Crippen LogP contribution in [-0.4, -0.2) is 4.57 Å². The van der Waals surface area contributed by atoms with E-state index in [9.17, 15) is 0 Å². The first-order valence-electron chi connectivity index (χ1n) is 13.2. The van der Waals surface area contributed by atoms with E-state index < -0.39 is 0 Å². The molecular weight excluding hydrogens is 494 g/mol. The van der Waals surface area contributed by atoms with Gasteiger partial charge in [0.1, 0.15) is 5.58 Å². The van der Waals surface area contributed by atoms with Gasteiger partial charge in [-0.1, -0.05) is 78.9 Å². The van der Waals surface area contributed by atoms with Gasteiger partial charge in [-0.3, -0.25) is 0 Å². The highest BCUT2D eigenvalue weighted by Gasteiger charge is 2.23. The Balaban J connectivity index is 1.51. The molecule has 0 saturated heterocycles. The zero-order chi connectivity index (χ0) is 25.5. The molecule has 9 rings (SSSR count). The summed E-state index contributed by atoms with van der Waals surface area (Å²) in [6.45, 7) is 0. The topological polar surface area (TPSA) is 18.1 Å². The Bertz CT molecular complexity index is 2390. The minimum atomic E-state index is 0.912. The number of aromatic nitrogens is 1. The van der Waals surface area contributed by atoms with Gasteiger partial charge >= 0.3 is 0 Å². The first-order valence-corrected chi connectivity index (χ1v) is 14.0. The number of para-hydroxylation sites is 3. The zero-order valence-corrected chi connectivity index (χ0v) is 21.7. The molecule has 3 aromatic heterocycles. The van der Waals surface area contributed by atoms with E-state index in [1.165, 1.54) is 47.6 Å². The molecule has 3 heterocycles. The molecule has 0 unspecified atom stereocenters. The summed E-state index contributed by atoms with van der Waals surface area (Å²) in [5, 5.41) is 7.36. The van der Waals surface area contributed by atoms with Crippen molar-refractivity contribution >= 4 is 75.3 Å². The lowest BCUT2D eigenvalue weighted by Gasteiger charge is -2.10. The van der Waals surface area contributed by atoms with E-state index in [1.54, 1.807) is 0 Å². The minimum absolute atomic E-state index is 0.912. The lowest BCUT2D eigenvalue weighted by atomic mass is 9.95. The predicted molar refractivity (Wildman–Crippen MR) is 166 cm³/mol. The Hall–Kier alpha value is -4.86. The van der Waals surface area contributed by atoms with Gasteiger partial charge in [-0.25, -0.2) is 0 Å². The zero-order valence-electron chi connectivity index (χ0n) is 20.9. The van der Waals surface area contributed by atoms with E-state index in [-0.39, 0.29) is 0 Å². The van der Waals surface area contributed by atoms with Crippen molar-refractivity contribution < 1.29 is 4.42 Å². The molecule has 0 N–H and O–H groups in total. The van der Waals surface area contributed by atoms with Gasteiger partial charge in [0.15, 0.2) is 5.58 Å². The van der Waals surface area contributed by atoms with E-state index in [0.717, 1.165) is 33.1 Å². The van der Waals surface area contributed by atoms with Crippen molar-refractivity contribution in [2.75, 3.05) is 0 Å². The van der Waals surface area contributed by atoms with Crippen molar-refractivity contribution in [3.05, 3.63) is 127 Å². The molecule has 0 aliphatic carbocycles. The molecule has 182 valence electrons. The molecule has 6 aromatic carbocycles. The number of hydrogen-bond acceptors (Lipinski definition) is 2. The van der Waals surface area contributed by atoms with Crippen LogP contribution in [-0.2, 0) is 0 Å². The third-order valence-corrected chi connectivity index (χ3v) is 9.14. The highest BCUT2D eigenvalue weighted by atomic mass is 32.1. The van der Waals surface area contributed by atoms with Crippen LogP contribution in [0, 0.1) is 0 Å². The summed E-state index contributed by atoms with van der Waals surface area (Å²) in [6.07, 6.45) is 0. The Labute approximate surface area is 227 Å². The fourth-order valence-corrected chi connectivity index (χ4v) is 7.38. The van der Waals surface area contributed by atoms with Crippen molar-refractivity contribution in [2.45, 2.75) is 0 Å². The van der Waals surface area contributed by atoms with Crippen LogP contribution in [0.3, 0.4) is 0 Å². The average Bonchev–Trinajstić information content (AvgIpc) is 3.66. The number of benzene rings is 6. The summed E-state index contributed by atoms with van der Waals surface area (Å²) in [6, 6.07) is 45.7. The number of fused-ring (bicyclic) bond motifs is 10. The van der Waals surface area contributed by atoms with E-state index >= 15 is 0 Å². The van der Waals surface area contributed by atoms with Crippen molar-refractivity contribution in [3.63, 3.8) is 0 Å². The van der Waals surface area contributed by atoms with E-state index in [4.69, 9.17) is 4.42 Å². The maximum atomic E-state index is 6.64. The largest absolute Gasteiger partial charge is 0.454 e. The smallest absolute Gasteiger partial charge is 0.160 e. The maximum absolute atomic E-state index is 6.64. The van der Waals surface area contributed by atoms with Gasteiger partial charge in [-0.15, -0.1) is 11.3 Å². The number of rotatable bonds is 2. The van der Waals surface area contributed by atoms with Gasteiger partial charge in [0.25, 0.3) is 0 Å². The maximum Gasteiger partial charge on any atom is 0.160 e. The van der Waals surface area contributed by atoms with Gasteiger partial charge in [0, 0.05) is 47.4 Å². The molecule has 0 amide bonds. The van der Waals surface area contributed by atoms with Crippen LogP contribution >= 0.6 is 11.3 Å². The van der Waals surface area contributed by atoms with E-state index in [2.05, 4.69) is 126 Å². The first kappa shape index (κ1) is 21.1. The molecule has 0 fully saturated rings. The molecule has 9 aromatic rings.